The van der Waals surface area contributed by atoms with Crippen molar-refractivity contribution in [1.82, 2.24) is 0 Å². The number of esters is 1. The van der Waals surface area contributed by atoms with Crippen LogP contribution in [0.5, 0.6) is 5.75 Å². The zero-order valence-electron chi connectivity index (χ0n) is 16.5. The Bertz CT molecular complexity index is 577. The van der Waals surface area contributed by atoms with Crippen molar-refractivity contribution in [1.29, 1.82) is 0 Å². The second-order valence-corrected chi connectivity index (χ2v) is 7.59. The molecule has 1 aromatic carbocycles. The van der Waals surface area contributed by atoms with E-state index in [1.165, 1.54) is 0 Å². The molecular formula is C21H32O4. The van der Waals surface area contributed by atoms with E-state index in [1.807, 2.05) is 41.5 Å². The summed E-state index contributed by atoms with van der Waals surface area (Å²) in [5.41, 5.74) is 2.39. The average Bonchev–Trinajstić information content (AvgIpc) is 2.57. The number of carbonyl (C=O) groups excluding carboxylic acids is 1. The minimum absolute atomic E-state index is 0.0903. The summed E-state index contributed by atoms with van der Waals surface area (Å²) in [4.78, 5) is 12.2. The first-order valence-electron chi connectivity index (χ1n) is 9.37. The standard InChI is InChI=1S/C21H32O4/c1-7-14(2)20(22)25-21(5,6)17-12-15(3)19(16(4)13-17)24-18-10-8-9-11-23-18/h12-14,18H,7-11H2,1-6H3. The van der Waals surface area contributed by atoms with E-state index in [0.29, 0.717) is 0 Å². The third kappa shape index (κ3) is 4.97. The van der Waals surface area contributed by atoms with Crippen LogP contribution in [0.15, 0.2) is 12.1 Å². The molecule has 4 nitrogen and oxygen atoms in total. The van der Waals surface area contributed by atoms with Gasteiger partial charge in [0.2, 0.25) is 0 Å². The first-order chi connectivity index (χ1) is 11.7. The maximum atomic E-state index is 12.2. The van der Waals surface area contributed by atoms with Gasteiger partial charge in [0.15, 0.2) is 6.29 Å². The highest BCUT2D eigenvalue weighted by atomic mass is 16.7. The lowest BCUT2D eigenvalue weighted by atomic mass is 9.93. The van der Waals surface area contributed by atoms with Crippen molar-refractivity contribution in [2.75, 3.05) is 6.61 Å². The van der Waals surface area contributed by atoms with Gasteiger partial charge < -0.3 is 14.2 Å². The number of hydrogen-bond acceptors (Lipinski definition) is 4. The van der Waals surface area contributed by atoms with Gasteiger partial charge in [0.25, 0.3) is 0 Å². The van der Waals surface area contributed by atoms with Crippen LogP contribution < -0.4 is 4.74 Å². The molecule has 1 aromatic rings. The van der Waals surface area contributed by atoms with Crippen LogP contribution in [-0.4, -0.2) is 18.9 Å². The Morgan fingerprint density at radius 3 is 2.44 bits per heavy atom. The summed E-state index contributed by atoms with van der Waals surface area (Å²) in [7, 11) is 0. The Hall–Kier alpha value is -1.55. The van der Waals surface area contributed by atoms with Gasteiger partial charge >= 0.3 is 5.97 Å². The maximum absolute atomic E-state index is 12.2. The monoisotopic (exact) mass is 348 g/mol. The molecule has 2 atom stereocenters. The van der Waals surface area contributed by atoms with Crippen molar-refractivity contribution in [3.05, 3.63) is 28.8 Å². The molecule has 0 aliphatic carbocycles. The van der Waals surface area contributed by atoms with E-state index in [9.17, 15) is 4.79 Å². The van der Waals surface area contributed by atoms with Gasteiger partial charge in [-0.05, 0) is 75.8 Å². The quantitative estimate of drug-likeness (QED) is 0.676. The summed E-state index contributed by atoms with van der Waals surface area (Å²) in [6.45, 7) is 12.6. The van der Waals surface area contributed by atoms with Crippen LogP contribution in [0.4, 0.5) is 0 Å². The minimum Gasteiger partial charge on any atom is -0.464 e. The van der Waals surface area contributed by atoms with Crippen molar-refractivity contribution in [3.63, 3.8) is 0 Å². The fraction of sp³-hybridized carbons (Fsp3) is 0.667. The number of aryl methyl sites for hydroxylation is 2. The fourth-order valence-electron chi connectivity index (χ4n) is 3.00. The van der Waals surface area contributed by atoms with Crippen LogP contribution in [-0.2, 0) is 19.9 Å². The molecule has 1 saturated heterocycles. The molecule has 1 fully saturated rings. The Morgan fingerprint density at radius 2 is 1.92 bits per heavy atom. The molecule has 140 valence electrons. The number of benzene rings is 1. The smallest absolute Gasteiger partial charge is 0.309 e. The first kappa shape index (κ1) is 19.8. The molecule has 0 N–H and O–H groups in total. The average molecular weight is 348 g/mol. The summed E-state index contributed by atoms with van der Waals surface area (Å²) in [6.07, 6.45) is 3.79. The third-order valence-corrected chi connectivity index (χ3v) is 4.91. The molecule has 0 saturated carbocycles. The van der Waals surface area contributed by atoms with Gasteiger partial charge in [-0.3, -0.25) is 4.79 Å². The fourth-order valence-corrected chi connectivity index (χ4v) is 3.00. The normalized spacial score (nSPS) is 19.4. The zero-order valence-corrected chi connectivity index (χ0v) is 16.5. The van der Waals surface area contributed by atoms with Crippen LogP contribution >= 0.6 is 0 Å². The van der Waals surface area contributed by atoms with Crippen molar-refractivity contribution in [3.8, 4) is 5.75 Å². The van der Waals surface area contributed by atoms with E-state index in [-0.39, 0.29) is 18.2 Å². The van der Waals surface area contributed by atoms with E-state index in [0.717, 1.165) is 54.7 Å². The Kier molecular flexibility index (Phi) is 6.50. The lowest BCUT2D eigenvalue weighted by Crippen LogP contribution is -2.29. The number of ether oxygens (including phenoxy) is 3. The van der Waals surface area contributed by atoms with Crippen molar-refractivity contribution >= 4 is 5.97 Å². The maximum Gasteiger partial charge on any atom is 0.309 e. The van der Waals surface area contributed by atoms with Crippen molar-refractivity contribution in [2.24, 2.45) is 5.92 Å². The molecule has 1 aliphatic rings. The molecule has 0 bridgehead atoms. The second-order valence-electron chi connectivity index (χ2n) is 7.59. The molecule has 1 heterocycles. The molecule has 2 rings (SSSR count). The summed E-state index contributed by atoms with van der Waals surface area (Å²) in [6, 6.07) is 4.10. The van der Waals surface area contributed by atoms with Gasteiger partial charge in [0.1, 0.15) is 11.4 Å². The molecule has 25 heavy (non-hydrogen) atoms. The Balaban J connectivity index is 2.18. The van der Waals surface area contributed by atoms with Gasteiger partial charge in [0, 0.05) is 6.42 Å². The molecule has 2 unspecified atom stereocenters. The molecule has 0 aromatic heterocycles. The van der Waals surface area contributed by atoms with Gasteiger partial charge in [-0.2, -0.15) is 0 Å². The summed E-state index contributed by atoms with van der Waals surface area (Å²) in [5.74, 6) is 0.631. The van der Waals surface area contributed by atoms with Gasteiger partial charge in [0.05, 0.1) is 12.5 Å². The zero-order chi connectivity index (χ0) is 18.6. The van der Waals surface area contributed by atoms with Gasteiger partial charge in [-0.15, -0.1) is 0 Å². The predicted molar refractivity (Wildman–Crippen MR) is 98.7 cm³/mol. The number of hydrogen-bond donors (Lipinski definition) is 0. The van der Waals surface area contributed by atoms with Crippen LogP contribution in [0.25, 0.3) is 0 Å². The summed E-state index contributed by atoms with van der Waals surface area (Å²) in [5, 5.41) is 0. The molecule has 0 amide bonds. The topological polar surface area (TPSA) is 44.8 Å². The second kappa shape index (κ2) is 8.22. The van der Waals surface area contributed by atoms with E-state index in [1.54, 1.807) is 0 Å². The summed E-state index contributed by atoms with van der Waals surface area (Å²) >= 11 is 0. The third-order valence-electron chi connectivity index (χ3n) is 4.91. The minimum atomic E-state index is -0.671. The summed E-state index contributed by atoms with van der Waals surface area (Å²) < 4.78 is 17.6. The Labute approximate surface area is 151 Å². The van der Waals surface area contributed by atoms with Crippen molar-refractivity contribution in [2.45, 2.75) is 79.1 Å². The van der Waals surface area contributed by atoms with E-state index >= 15 is 0 Å². The van der Waals surface area contributed by atoms with Crippen LogP contribution in [0.3, 0.4) is 0 Å². The van der Waals surface area contributed by atoms with Crippen LogP contribution in [0, 0.1) is 19.8 Å². The molecular weight excluding hydrogens is 316 g/mol. The predicted octanol–water partition coefficient (Wildman–Crippen LogP) is 5.03. The number of carbonyl (C=O) groups is 1. The van der Waals surface area contributed by atoms with Crippen LogP contribution in [0.2, 0.25) is 0 Å². The molecule has 4 heteroatoms. The highest BCUT2D eigenvalue weighted by Crippen LogP contribution is 2.34. The van der Waals surface area contributed by atoms with Crippen molar-refractivity contribution < 1.29 is 19.0 Å². The lowest BCUT2D eigenvalue weighted by Gasteiger charge is -2.29. The van der Waals surface area contributed by atoms with Gasteiger partial charge in [-0.25, -0.2) is 0 Å². The van der Waals surface area contributed by atoms with E-state index in [4.69, 9.17) is 14.2 Å². The van der Waals surface area contributed by atoms with Crippen LogP contribution in [0.1, 0.15) is 70.1 Å². The SMILES string of the molecule is CCC(C)C(=O)OC(C)(C)c1cc(C)c(OC2CCCCO2)c(C)c1. The molecule has 0 radical (unpaired) electrons. The molecule has 0 spiro atoms. The number of rotatable bonds is 6. The largest absolute Gasteiger partial charge is 0.464 e. The van der Waals surface area contributed by atoms with Gasteiger partial charge in [-0.1, -0.05) is 13.8 Å². The highest BCUT2D eigenvalue weighted by molar-refractivity contribution is 5.72. The Morgan fingerprint density at radius 1 is 1.28 bits per heavy atom. The van der Waals surface area contributed by atoms with E-state index < -0.39 is 5.60 Å². The first-order valence-corrected chi connectivity index (χ1v) is 9.37. The highest BCUT2D eigenvalue weighted by Gasteiger charge is 2.29. The molecule has 1 aliphatic heterocycles. The van der Waals surface area contributed by atoms with E-state index in [2.05, 4.69) is 12.1 Å². The lowest BCUT2D eigenvalue weighted by molar-refractivity contribution is -0.162.